The maximum Gasteiger partial charge on any atom is 0.255 e. The molecule has 1 aliphatic rings. The average molecular weight is 403 g/mol. The number of nitrogens with zero attached hydrogens (tertiary/aromatic N) is 1. The van der Waals surface area contributed by atoms with Crippen LogP contribution in [-0.2, 0) is 21.2 Å². The maximum atomic E-state index is 13.0. The van der Waals surface area contributed by atoms with Gasteiger partial charge in [0.25, 0.3) is 5.91 Å². The summed E-state index contributed by atoms with van der Waals surface area (Å²) in [5.41, 5.74) is 2.15. The third-order valence-corrected chi connectivity index (χ3v) is 6.57. The van der Waals surface area contributed by atoms with Gasteiger partial charge in [-0.15, -0.1) is 0 Å². The number of morpholine rings is 1. The highest BCUT2D eigenvalue weighted by molar-refractivity contribution is 7.89. The Morgan fingerprint density at radius 3 is 2.36 bits per heavy atom. The first-order valence-corrected chi connectivity index (χ1v) is 10.9. The van der Waals surface area contributed by atoms with E-state index < -0.39 is 10.0 Å². The fraction of sp³-hybridized carbons (Fsp3) is 0.381. The topological polar surface area (TPSA) is 75.7 Å². The molecule has 0 radical (unpaired) electrons. The molecule has 2 atom stereocenters. The minimum Gasteiger partial charge on any atom is -0.373 e. The normalized spacial score (nSPS) is 20.7. The number of ether oxygens (including phenoxy) is 1. The van der Waals surface area contributed by atoms with E-state index in [1.807, 2.05) is 38.1 Å². The monoisotopic (exact) mass is 402 g/mol. The second-order valence-corrected chi connectivity index (χ2v) is 9.05. The molecule has 0 saturated carbocycles. The van der Waals surface area contributed by atoms with Crippen molar-refractivity contribution in [2.75, 3.05) is 18.4 Å². The van der Waals surface area contributed by atoms with Crippen LogP contribution in [0.5, 0.6) is 0 Å². The van der Waals surface area contributed by atoms with Gasteiger partial charge in [-0.2, -0.15) is 4.31 Å². The van der Waals surface area contributed by atoms with Crippen LogP contribution in [0.25, 0.3) is 0 Å². The summed E-state index contributed by atoms with van der Waals surface area (Å²) in [6, 6.07) is 13.7. The van der Waals surface area contributed by atoms with Gasteiger partial charge in [0.05, 0.1) is 17.1 Å². The summed E-state index contributed by atoms with van der Waals surface area (Å²) >= 11 is 0. The van der Waals surface area contributed by atoms with Crippen molar-refractivity contribution < 1.29 is 17.9 Å². The van der Waals surface area contributed by atoms with Gasteiger partial charge in [-0.05, 0) is 56.2 Å². The third-order valence-electron chi connectivity index (χ3n) is 4.74. The molecule has 1 fully saturated rings. The number of anilines is 1. The van der Waals surface area contributed by atoms with Gasteiger partial charge < -0.3 is 10.1 Å². The zero-order valence-corrected chi connectivity index (χ0v) is 17.2. The summed E-state index contributed by atoms with van der Waals surface area (Å²) < 4.78 is 33.1. The summed E-state index contributed by atoms with van der Waals surface area (Å²) in [7, 11) is -3.69. The van der Waals surface area contributed by atoms with Crippen molar-refractivity contribution in [1.82, 2.24) is 4.31 Å². The Hall–Kier alpha value is -2.22. The maximum absolute atomic E-state index is 13.0. The Bertz CT molecular complexity index is 931. The second kappa shape index (κ2) is 8.43. The minimum atomic E-state index is -3.69. The van der Waals surface area contributed by atoms with Crippen LogP contribution in [0.3, 0.4) is 0 Å². The van der Waals surface area contributed by atoms with Crippen molar-refractivity contribution in [1.29, 1.82) is 0 Å². The number of carbonyl (C=O) groups excluding carboxylic acids is 1. The molecule has 2 aromatic rings. The molecule has 1 saturated heterocycles. The molecule has 28 heavy (non-hydrogen) atoms. The van der Waals surface area contributed by atoms with E-state index in [0.29, 0.717) is 24.3 Å². The van der Waals surface area contributed by atoms with Crippen molar-refractivity contribution in [2.45, 2.75) is 44.3 Å². The fourth-order valence-corrected chi connectivity index (χ4v) is 4.94. The van der Waals surface area contributed by atoms with Gasteiger partial charge in [-0.3, -0.25) is 4.79 Å². The molecule has 2 unspecified atom stereocenters. The summed E-state index contributed by atoms with van der Waals surface area (Å²) in [6.07, 6.45) is 0.583. The first kappa shape index (κ1) is 20.5. The third kappa shape index (κ3) is 4.60. The number of hydrogen-bond donors (Lipinski definition) is 1. The van der Waals surface area contributed by atoms with Gasteiger partial charge >= 0.3 is 0 Å². The number of amides is 1. The molecule has 6 nitrogen and oxygen atoms in total. The average Bonchev–Trinajstić information content (AvgIpc) is 2.68. The predicted octanol–water partition coefficient (Wildman–Crippen LogP) is 3.30. The van der Waals surface area contributed by atoms with Gasteiger partial charge in [-0.25, -0.2) is 8.42 Å². The lowest BCUT2D eigenvalue weighted by atomic mass is 10.1. The van der Waals surface area contributed by atoms with Crippen LogP contribution in [0, 0.1) is 0 Å². The van der Waals surface area contributed by atoms with Crippen molar-refractivity contribution >= 4 is 21.6 Å². The number of benzene rings is 2. The lowest BCUT2D eigenvalue weighted by molar-refractivity contribution is -0.0440. The van der Waals surface area contributed by atoms with E-state index >= 15 is 0 Å². The van der Waals surface area contributed by atoms with Crippen LogP contribution in [0.1, 0.15) is 36.7 Å². The van der Waals surface area contributed by atoms with E-state index in [4.69, 9.17) is 4.74 Å². The summed E-state index contributed by atoms with van der Waals surface area (Å²) in [6.45, 7) is 6.37. The van der Waals surface area contributed by atoms with Gasteiger partial charge in [0.1, 0.15) is 0 Å². The van der Waals surface area contributed by atoms with E-state index in [-0.39, 0.29) is 23.0 Å². The molecule has 0 aromatic heterocycles. The largest absolute Gasteiger partial charge is 0.373 e. The Labute approximate surface area is 166 Å². The summed E-state index contributed by atoms with van der Waals surface area (Å²) in [5.74, 6) is -0.343. The number of nitrogens with one attached hydrogen (secondary N) is 1. The molecule has 1 aliphatic heterocycles. The number of hydrogen-bond acceptors (Lipinski definition) is 4. The highest BCUT2D eigenvalue weighted by Crippen LogP contribution is 2.22. The Kier molecular flexibility index (Phi) is 6.17. The lowest BCUT2D eigenvalue weighted by Gasteiger charge is -2.34. The number of rotatable bonds is 5. The van der Waals surface area contributed by atoms with Crippen LogP contribution >= 0.6 is 0 Å². The fourth-order valence-electron chi connectivity index (χ4n) is 3.30. The number of aryl methyl sites for hydroxylation is 1. The number of sulfonamides is 1. The van der Waals surface area contributed by atoms with Crippen molar-refractivity contribution in [3.05, 3.63) is 59.7 Å². The van der Waals surface area contributed by atoms with E-state index in [0.717, 1.165) is 6.42 Å². The van der Waals surface area contributed by atoms with Crippen molar-refractivity contribution in [2.24, 2.45) is 0 Å². The molecule has 1 N–H and O–H groups in total. The van der Waals surface area contributed by atoms with Crippen LogP contribution in [-0.4, -0.2) is 43.9 Å². The van der Waals surface area contributed by atoms with Crippen LogP contribution < -0.4 is 5.32 Å². The molecule has 3 rings (SSSR count). The van der Waals surface area contributed by atoms with E-state index in [2.05, 4.69) is 12.2 Å². The van der Waals surface area contributed by atoms with Gasteiger partial charge in [-0.1, -0.05) is 25.1 Å². The molecule has 1 amide bonds. The van der Waals surface area contributed by atoms with E-state index in [1.54, 1.807) is 12.1 Å². The molecular weight excluding hydrogens is 376 g/mol. The molecular formula is C21H26N2O4S. The molecule has 150 valence electrons. The van der Waals surface area contributed by atoms with Crippen molar-refractivity contribution in [3.8, 4) is 0 Å². The zero-order chi connectivity index (χ0) is 20.3. The van der Waals surface area contributed by atoms with Crippen LogP contribution in [0.2, 0.25) is 0 Å². The summed E-state index contributed by atoms with van der Waals surface area (Å²) in [4.78, 5) is 12.7. The Morgan fingerprint density at radius 2 is 1.75 bits per heavy atom. The Balaban J connectivity index is 1.79. The minimum absolute atomic E-state index is 0.114. The first-order valence-electron chi connectivity index (χ1n) is 9.45. The standard InChI is InChI=1S/C21H26N2O4S/c1-4-17-8-10-19(11-9-17)22-21(24)18-6-5-7-20(12-18)28(25,26)23-13-15(2)27-16(3)14-23/h5-12,15-16H,4,13-14H2,1-3H3,(H,22,24). The molecule has 0 spiro atoms. The van der Waals surface area contributed by atoms with Crippen LogP contribution in [0.15, 0.2) is 53.4 Å². The second-order valence-electron chi connectivity index (χ2n) is 7.11. The molecule has 0 bridgehead atoms. The quantitative estimate of drug-likeness (QED) is 0.833. The SMILES string of the molecule is CCc1ccc(NC(=O)c2cccc(S(=O)(=O)N3CC(C)OC(C)C3)c2)cc1. The van der Waals surface area contributed by atoms with Gasteiger partial charge in [0, 0.05) is 24.3 Å². The van der Waals surface area contributed by atoms with Crippen molar-refractivity contribution in [3.63, 3.8) is 0 Å². The first-order chi connectivity index (χ1) is 13.3. The zero-order valence-electron chi connectivity index (χ0n) is 16.4. The van der Waals surface area contributed by atoms with Gasteiger partial charge in [0.15, 0.2) is 0 Å². The Morgan fingerprint density at radius 1 is 1.11 bits per heavy atom. The number of carbonyl (C=O) groups is 1. The summed E-state index contributed by atoms with van der Waals surface area (Å²) in [5, 5.41) is 2.81. The highest BCUT2D eigenvalue weighted by atomic mass is 32.2. The molecule has 7 heteroatoms. The predicted molar refractivity (Wildman–Crippen MR) is 109 cm³/mol. The van der Waals surface area contributed by atoms with Gasteiger partial charge in [0.2, 0.25) is 10.0 Å². The van der Waals surface area contributed by atoms with E-state index in [1.165, 1.54) is 22.0 Å². The van der Waals surface area contributed by atoms with Crippen LogP contribution in [0.4, 0.5) is 5.69 Å². The molecule has 0 aliphatic carbocycles. The van der Waals surface area contributed by atoms with E-state index in [9.17, 15) is 13.2 Å². The smallest absolute Gasteiger partial charge is 0.255 e. The highest BCUT2D eigenvalue weighted by Gasteiger charge is 2.32. The molecule has 1 heterocycles. The lowest BCUT2D eigenvalue weighted by Crippen LogP contribution is -2.48. The molecule has 2 aromatic carbocycles.